The van der Waals surface area contributed by atoms with Gasteiger partial charge in [0.2, 0.25) is 0 Å². The van der Waals surface area contributed by atoms with E-state index < -0.39 is 0 Å². The fraction of sp³-hybridized carbons (Fsp3) is 0.200. The van der Waals surface area contributed by atoms with Crippen LogP contribution in [0.15, 0.2) is 16.6 Å². The average molecular weight is 238 g/mol. The molecule has 1 aromatic carbocycles. The minimum absolute atomic E-state index is 0.0182. The van der Waals surface area contributed by atoms with Crippen molar-refractivity contribution < 1.29 is 4.79 Å². The maximum atomic E-state index is 11.2. The topological polar surface area (TPSA) is 40.9 Å². The first kappa shape index (κ1) is 9.94. The van der Waals surface area contributed by atoms with E-state index in [-0.39, 0.29) is 5.78 Å². The summed E-state index contributed by atoms with van der Waals surface area (Å²) in [6.07, 6.45) is 0. The smallest absolute Gasteiger partial charge is 0.160 e. The molecule has 0 aliphatic heterocycles. The van der Waals surface area contributed by atoms with E-state index in [1.807, 2.05) is 6.07 Å². The number of nitrogens with zero attached hydrogens (tertiary/aromatic N) is 1. The van der Waals surface area contributed by atoms with Gasteiger partial charge in [-0.25, -0.2) is 0 Å². The average Bonchev–Trinajstić information content (AvgIpc) is 2.08. The van der Waals surface area contributed by atoms with E-state index in [0.29, 0.717) is 11.1 Å². The quantitative estimate of drug-likeness (QED) is 0.706. The maximum Gasteiger partial charge on any atom is 0.160 e. The molecular weight excluding hydrogens is 230 g/mol. The first-order valence-electron chi connectivity index (χ1n) is 3.77. The predicted octanol–water partition coefficient (Wildman–Crippen LogP) is 2.83. The second-order valence-electron chi connectivity index (χ2n) is 2.79. The van der Waals surface area contributed by atoms with Gasteiger partial charge in [0.05, 0.1) is 11.6 Å². The highest BCUT2D eigenvalue weighted by Crippen LogP contribution is 2.20. The van der Waals surface area contributed by atoms with Crippen LogP contribution in [0.2, 0.25) is 0 Å². The van der Waals surface area contributed by atoms with Crippen LogP contribution in [0, 0.1) is 18.3 Å². The molecule has 0 amide bonds. The molecule has 3 heteroatoms. The summed E-state index contributed by atoms with van der Waals surface area (Å²) >= 11 is 3.25. The van der Waals surface area contributed by atoms with Crippen LogP contribution in [0.5, 0.6) is 0 Å². The molecule has 0 aromatic heterocycles. The van der Waals surface area contributed by atoms with E-state index in [2.05, 4.69) is 15.9 Å². The summed E-state index contributed by atoms with van der Waals surface area (Å²) in [5.41, 5.74) is 1.89. The Morgan fingerprint density at radius 1 is 1.54 bits per heavy atom. The highest BCUT2D eigenvalue weighted by molar-refractivity contribution is 9.10. The number of carbonyl (C=O) groups is 1. The van der Waals surface area contributed by atoms with Gasteiger partial charge in [-0.05, 0) is 31.5 Å². The Morgan fingerprint density at radius 3 is 2.62 bits per heavy atom. The minimum Gasteiger partial charge on any atom is -0.294 e. The van der Waals surface area contributed by atoms with E-state index >= 15 is 0 Å². The Balaban J connectivity index is 3.47. The third-order valence-electron chi connectivity index (χ3n) is 1.87. The molecule has 13 heavy (non-hydrogen) atoms. The number of nitriles is 1. The van der Waals surface area contributed by atoms with Gasteiger partial charge in [0.15, 0.2) is 5.78 Å². The number of Topliss-reactive ketones (excluding diaryl/α,β-unsaturated/α-hetero) is 1. The van der Waals surface area contributed by atoms with Crippen molar-refractivity contribution in [2.24, 2.45) is 0 Å². The first-order chi connectivity index (χ1) is 6.06. The molecule has 0 saturated carbocycles. The van der Waals surface area contributed by atoms with Gasteiger partial charge in [0.25, 0.3) is 0 Å². The zero-order chi connectivity index (χ0) is 10.0. The predicted molar refractivity (Wildman–Crippen MR) is 53.6 cm³/mol. The molecule has 0 heterocycles. The Morgan fingerprint density at radius 2 is 2.15 bits per heavy atom. The number of halogens is 1. The van der Waals surface area contributed by atoms with Crippen LogP contribution in [0.3, 0.4) is 0 Å². The fourth-order valence-electron chi connectivity index (χ4n) is 1.16. The van der Waals surface area contributed by atoms with Gasteiger partial charge in [0.1, 0.15) is 0 Å². The SMILES string of the molecule is CC(=O)c1cc(Br)cc(C#N)c1C. The van der Waals surface area contributed by atoms with Gasteiger partial charge >= 0.3 is 0 Å². The maximum absolute atomic E-state index is 11.2. The summed E-state index contributed by atoms with van der Waals surface area (Å²) in [6, 6.07) is 5.49. The third-order valence-corrected chi connectivity index (χ3v) is 2.33. The summed E-state index contributed by atoms with van der Waals surface area (Å²) < 4.78 is 0.764. The molecule has 2 nitrogen and oxygen atoms in total. The summed E-state index contributed by atoms with van der Waals surface area (Å²) in [4.78, 5) is 11.2. The van der Waals surface area contributed by atoms with Crippen LogP contribution in [-0.2, 0) is 0 Å². The molecule has 0 aliphatic rings. The van der Waals surface area contributed by atoms with Crippen molar-refractivity contribution in [2.45, 2.75) is 13.8 Å². The molecule has 66 valence electrons. The number of hydrogen-bond acceptors (Lipinski definition) is 2. The summed E-state index contributed by atoms with van der Waals surface area (Å²) in [5.74, 6) is -0.0182. The summed E-state index contributed by atoms with van der Waals surface area (Å²) in [6.45, 7) is 3.28. The van der Waals surface area contributed by atoms with Crippen LogP contribution in [-0.4, -0.2) is 5.78 Å². The molecule has 0 atom stereocenters. The lowest BCUT2D eigenvalue weighted by Crippen LogP contribution is -1.98. The van der Waals surface area contributed by atoms with Gasteiger partial charge in [-0.3, -0.25) is 4.79 Å². The molecule has 0 fully saturated rings. The minimum atomic E-state index is -0.0182. The van der Waals surface area contributed by atoms with Crippen molar-refractivity contribution in [3.63, 3.8) is 0 Å². The monoisotopic (exact) mass is 237 g/mol. The van der Waals surface area contributed by atoms with Crippen LogP contribution in [0.25, 0.3) is 0 Å². The molecule has 0 N–H and O–H groups in total. The molecule has 0 unspecified atom stereocenters. The van der Waals surface area contributed by atoms with Gasteiger partial charge in [-0.1, -0.05) is 15.9 Å². The zero-order valence-corrected chi connectivity index (χ0v) is 8.97. The van der Waals surface area contributed by atoms with Crippen LogP contribution < -0.4 is 0 Å². The fourth-order valence-corrected chi connectivity index (χ4v) is 1.62. The Labute approximate surface area is 85.3 Å². The molecule has 0 radical (unpaired) electrons. The summed E-state index contributed by atoms with van der Waals surface area (Å²) in [7, 11) is 0. The van der Waals surface area contributed by atoms with Gasteiger partial charge in [0, 0.05) is 10.0 Å². The van der Waals surface area contributed by atoms with Crippen molar-refractivity contribution in [1.29, 1.82) is 5.26 Å². The van der Waals surface area contributed by atoms with Crippen LogP contribution in [0.4, 0.5) is 0 Å². The van der Waals surface area contributed by atoms with Crippen molar-refractivity contribution in [1.82, 2.24) is 0 Å². The molecule has 0 spiro atoms. The van der Waals surface area contributed by atoms with E-state index in [4.69, 9.17) is 5.26 Å². The Kier molecular flexibility index (Phi) is 2.84. The van der Waals surface area contributed by atoms with Crippen molar-refractivity contribution in [2.75, 3.05) is 0 Å². The number of rotatable bonds is 1. The largest absolute Gasteiger partial charge is 0.294 e. The Hall–Kier alpha value is -1.14. The number of hydrogen-bond donors (Lipinski definition) is 0. The Bertz CT molecular complexity index is 404. The molecule has 0 aliphatic carbocycles. The van der Waals surface area contributed by atoms with Crippen LogP contribution >= 0.6 is 15.9 Å². The van der Waals surface area contributed by atoms with Crippen molar-refractivity contribution in [3.8, 4) is 6.07 Å². The normalized spacial score (nSPS) is 9.38. The molecule has 1 aromatic rings. The lowest BCUT2D eigenvalue weighted by molar-refractivity contribution is 0.101. The van der Waals surface area contributed by atoms with Crippen LogP contribution in [0.1, 0.15) is 28.4 Å². The number of benzene rings is 1. The highest BCUT2D eigenvalue weighted by atomic mass is 79.9. The van der Waals surface area contributed by atoms with E-state index in [9.17, 15) is 4.79 Å². The standard InChI is InChI=1S/C10H8BrNO/c1-6-8(5-12)3-9(11)4-10(6)7(2)13/h3-4H,1-2H3. The number of carbonyl (C=O) groups excluding carboxylic acids is 1. The highest BCUT2D eigenvalue weighted by Gasteiger charge is 2.08. The molecular formula is C10H8BrNO. The van der Waals surface area contributed by atoms with Gasteiger partial charge < -0.3 is 0 Å². The van der Waals surface area contributed by atoms with Crippen molar-refractivity contribution >= 4 is 21.7 Å². The van der Waals surface area contributed by atoms with Gasteiger partial charge in [-0.2, -0.15) is 5.26 Å². The van der Waals surface area contributed by atoms with E-state index in [0.717, 1.165) is 10.0 Å². The molecule has 1 rings (SSSR count). The second kappa shape index (κ2) is 3.71. The zero-order valence-electron chi connectivity index (χ0n) is 7.39. The van der Waals surface area contributed by atoms with E-state index in [1.165, 1.54) is 6.92 Å². The summed E-state index contributed by atoms with van der Waals surface area (Å²) in [5, 5.41) is 8.77. The number of ketones is 1. The lowest BCUT2D eigenvalue weighted by atomic mass is 10.0. The molecule has 0 bridgehead atoms. The third kappa shape index (κ3) is 1.96. The van der Waals surface area contributed by atoms with Crippen molar-refractivity contribution in [3.05, 3.63) is 33.3 Å². The van der Waals surface area contributed by atoms with E-state index in [1.54, 1.807) is 19.1 Å². The van der Waals surface area contributed by atoms with Gasteiger partial charge in [-0.15, -0.1) is 0 Å². The second-order valence-corrected chi connectivity index (χ2v) is 3.71. The lowest BCUT2D eigenvalue weighted by Gasteiger charge is -2.04. The molecule has 0 saturated heterocycles. The first-order valence-corrected chi connectivity index (χ1v) is 4.56.